The van der Waals surface area contributed by atoms with Gasteiger partial charge in [-0.25, -0.2) is 0 Å². The third-order valence-electron chi connectivity index (χ3n) is 15.5. The van der Waals surface area contributed by atoms with Crippen molar-refractivity contribution in [2.24, 2.45) is 11.8 Å². The lowest BCUT2D eigenvalue weighted by atomic mass is 9.58. The van der Waals surface area contributed by atoms with Crippen molar-refractivity contribution < 1.29 is 28.9 Å². The average Bonchev–Trinajstić information content (AvgIpc) is 3.05. The van der Waals surface area contributed by atoms with Crippen molar-refractivity contribution in [3.05, 3.63) is 0 Å². The van der Waals surface area contributed by atoms with Gasteiger partial charge in [0.25, 0.3) is 0 Å². The van der Waals surface area contributed by atoms with E-state index in [1.165, 1.54) is 0 Å². The molecule has 4 heterocycles. The van der Waals surface area contributed by atoms with Gasteiger partial charge in [0.2, 0.25) is 11.8 Å². The molecule has 0 unspecified atom stereocenters. The van der Waals surface area contributed by atoms with Crippen LogP contribution in [0.25, 0.3) is 0 Å². The number of carbonyl (C=O) groups excluding carboxylic acids is 2. The summed E-state index contributed by atoms with van der Waals surface area (Å²) in [5.41, 5.74) is -2.66. The van der Waals surface area contributed by atoms with Gasteiger partial charge in [0.1, 0.15) is 0 Å². The maximum absolute atomic E-state index is 14.1. The van der Waals surface area contributed by atoms with Crippen LogP contribution in [0.3, 0.4) is 0 Å². The first-order valence-electron chi connectivity index (χ1n) is 24.2. The number of amides is 2. The zero-order chi connectivity index (χ0) is 47.2. The van der Waals surface area contributed by atoms with E-state index in [2.05, 4.69) is 142 Å². The summed E-state index contributed by atoms with van der Waals surface area (Å²) in [7, 11) is 7.10. The van der Waals surface area contributed by atoms with Gasteiger partial charge in [-0.05, 0) is 187 Å². The van der Waals surface area contributed by atoms with Gasteiger partial charge in [0.05, 0.1) is 28.4 Å². The Hall–Kier alpha value is -1.38. The highest BCUT2D eigenvalue weighted by Gasteiger charge is 2.62. The Morgan fingerprint density at radius 1 is 0.387 bits per heavy atom. The van der Waals surface area contributed by atoms with Crippen molar-refractivity contribution in [3.63, 3.8) is 0 Å². The molecule has 4 aliphatic rings. The van der Waals surface area contributed by atoms with Gasteiger partial charge in [-0.2, -0.15) is 20.3 Å². The fourth-order valence-corrected chi connectivity index (χ4v) is 15.3. The molecule has 2 N–H and O–H groups in total. The van der Waals surface area contributed by atoms with E-state index in [4.69, 9.17) is 19.4 Å². The van der Waals surface area contributed by atoms with E-state index in [-0.39, 0.29) is 79.0 Å². The molecule has 0 saturated carbocycles. The summed E-state index contributed by atoms with van der Waals surface area (Å²) in [6.07, 6.45) is 13.8. The summed E-state index contributed by atoms with van der Waals surface area (Å²) in [5, 5.41) is 16.1. The van der Waals surface area contributed by atoms with E-state index in [0.717, 1.165) is 89.9 Å². The molecule has 4 saturated heterocycles. The van der Waals surface area contributed by atoms with Gasteiger partial charge in [-0.3, -0.25) is 9.59 Å². The molecule has 4 fully saturated rings. The number of hydrogen-bond donors (Lipinski definition) is 2. The van der Waals surface area contributed by atoms with Gasteiger partial charge < -0.3 is 30.0 Å². The lowest BCUT2D eigenvalue weighted by Gasteiger charge is -2.63. The van der Waals surface area contributed by atoms with Crippen molar-refractivity contribution in [1.29, 1.82) is 0 Å². The Bertz CT molecular complexity index is 1350. The standard InChI is InChI=1S/C50H96N6O6/c1-41(2)29-37(30-42(3,4)53(41)59-17)49(33-45(9,10)55(61-19)46(11,12)34-49)51-39(57)27-25-23-21-22-24-26-28-40(58)52-50(35-47(13,14)56(62-20)48(15,16)36-50)38-31-43(5,6)54(60-18)44(7,8)32-38/h37-38H,21-36H2,1-20H3,(H,51,57)(H,52,58). The molecule has 0 aliphatic carbocycles. The zero-order valence-electron chi connectivity index (χ0n) is 43.7. The summed E-state index contributed by atoms with van der Waals surface area (Å²) >= 11 is 0. The monoisotopic (exact) mass is 877 g/mol. The zero-order valence-corrected chi connectivity index (χ0v) is 43.7. The van der Waals surface area contributed by atoms with E-state index in [1.807, 2.05) is 0 Å². The SMILES string of the molecule is CON1C(C)(C)CC(C2(NC(=O)CCCCCCCCC(=O)NC3(C4CC(C)(C)N(OC)C(C)(C)C4)CC(C)(C)N(OC)C(C)(C)C3)CC(C)(C)N(OC)C(C)(C)C2)CC1(C)C. The summed E-state index contributed by atoms with van der Waals surface area (Å²) in [5.74, 6) is 0.845. The largest absolute Gasteiger partial charge is 0.350 e. The normalized spacial score (nSPS) is 28.0. The molecule has 0 aromatic carbocycles. The molecule has 2 amide bonds. The number of hydroxylamine groups is 8. The van der Waals surface area contributed by atoms with E-state index in [9.17, 15) is 9.59 Å². The molecule has 4 rings (SSSR count). The van der Waals surface area contributed by atoms with Crippen molar-refractivity contribution in [1.82, 2.24) is 30.9 Å². The molecule has 0 bridgehead atoms. The molecule has 0 radical (unpaired) electrons. The Labute approximate surface area is 379 Å². The Morgan fingerprint density at radius 3 is 0.823 bits per heavy atom. The molecule has 0 atom stereocenters. The second kappa shape index (κ2) is 18.7. The third-order valence-corrected chi connectivity index (χ3v) is 15.5. The van der Waals surface area contributed by atoms with Gasteiger partial charge in [-0.15, -0.1) is 0 Å². The number of nitrogens with one attached hydrogen (secondary N) is 2. The van der Waals surface area contributed by atoms with Crippen LogP contribution < -0.4 is 10.6 Å². The van der Waals surface area contributed by atoms with Crippen molar-refractivity contribution in [2.45, 2.75) is 269 Å². The number of hydrogen-bond acceptors (Lipinski definition) is 10. The summed E-state index contributed by atoms with van der Waals surface area (Å²) in [6, 6.07) is 0. The second-order valence-electron chi connectivity index (χ2n) is 25.4. The molecule has 12 heteroatoms. The van der Waals surface area contributed by atoms with Gasteiger partial charge >= 0.3 is 0 Å². The van der Waals surface area contributed by atoms with Crippen molar-refractivity contribution >= 4 is 11.8 Å². The lowest BCUT2D eigenvalue weighted by Crippen LogP contribution is -2.73. The molecular weight excluding hydrogens is 781 g/mol. The Balaban J connectivity index is 1.35. The number of nitrogens with zero attached hydrogens (tertiary/aromatic N) is 4. The number of unbranched alkanes of at least 4 members (excludes halogenated alkanes) is 5. The Kier molecular flexibility index (Phi) is 16.1. The van der Waals surface area contributed by atoms with Crippen molar-refractivity contribution in [2.75, 3.05) is 28.4 Å². The lowest BCUT2D eigenvalue weighted by molar-refractivity contribution is -0.296. The number of carbonyl (C=O) groups is 2. The van der Waals surface area contributed by atoms with Crippen LogP contribution in [-0.2, 0) is 28.9 Å². The van der Waals surface area contributed by atoms with Gasteiger partial charge in [0, 0.05) is 68.2 Å². The van der Waals surface area contributed by atoms with Crippen LogP contribution in [0.5, 0.6) is 0 Å². The number of piperidine rings is 4. The highest BCUT2D eigenvalue weighted by molar-refractivity contribution is 5.77. The number of rotatable bonds is 17. The molecule has 62 heavy (non-hydrogen) atoms. The fourth-order valence-electron chi connectivity index (χ4n) is 15.3. The quantitative estimate of drug-likeness (QED) is 0.137. The van der Waals surface area contributed by atoms with Crippen LogP contribution in [0.1, 0.15) is 214 Å². The first kappa shape index (κ1) is 53.2. The van der Waals surface area contributed by atoms with Gasteiger partial charge in [-0.1, -0.05) is 25.7 Å². The molecule has 12 nitrogen and oxygen atoms in total. The highest BCUT2D eigenvalue weighted by Crippen LogP contribution is 2.55. The van der Waals surface area contributed by atoms with Crippen LogP contribution in [0.2, 0.25) is 0 Å². The van der Waals surface area contributed by atoms with E-state index >= 15 is 0 Å². The Morgan fingerprint density at radius 2 is 0.597 bits per heavy atom. The molecule has 4 aliphatic heterocycles. The summed E-state index contributed by atoms with van der Waals surface area (Å²) in [6.45, 7) is 36.2. The van der Waals surface area contributed by atoms with Crippen LogP contribution in [0.4, 0.5) is 0 Å². The maximum Gasteiger partial charge on any atom is 0.220 e. The second-order valence-corrected chi connectivity index (χ2v) is 25.4. The van der Waals surface area contributed by atoms with Crippen LogP contribution in [-0.4, -0.2) is 116 Å². The minimum absolute atomic E-state index is 0.153. The molecule has 0 aromatic heterocycles. The first-order chi connectivity index (χ1) is 28.2. The predicted octanol–water partition coefficient (Wildman–Crippen LogP) is 9.91. The highest BCUT2D eigenvalue weighted by atomic mass is 16.7. The van der Waals surface area contributed by atoms with E-state index < -0.39 is 0 Å². The van der Waals surface area contributed by atoms with E-state index in [1.54, 1.807) is 28.4 Å². The topological polar surface area (TPSA) is 108 Å². The third kappa shape index (κ3) is 11.2. The van der Waals surface area contributed by atoms with Gasteiger partial charge in [0.15, 0.2) is 0 Å². The van der Waals surface area contributed by atoms with Crippen molar-refractivity contribution in [3.8, 4) is 0 Å². The van der Waals surface area contributed by atoms with Crippen LogP contribution >= 0.6 is 0 Å². The minimum Gasteiger partial charge on any atom is -0.350 e. The minimum atomic E-state index is -0.382. The predicted molar refractivity (Wildman–Crippen MR) is 251 cm³/mol. The smallest absolute Gasteiger partial charge is 0.220 e. The average molecular weight is 877 g/mol. The summed E-state index contributed by atoms with van der Waals surface area (Å²) < 4.78 is 0. The van der Waals surface area contributed by atoms with Crippen LogP contribution in [0.15, 0.2) is 0 Å². The van der Waals surface area contributed by atoms with Crippen LogP contribution in [0, 0.1) is 11.8 Å². The fraction of sp³-hybridized carbons (Fsp3) is 0.960. The molecule has 362 valence electrons. The molecule has 0 aromatic rings. The maximum atomic E-state index is 14.1. The molecular formula is C50H96N6O6. The van der Waals surface area contributed by atoms with E-state index in [0.29, 0.717) is 12.8 Å². The summed E-state index contributed by atoms with van der Waals surface area (Å²) in [4.78, 5) is 52.1. The molecule has 0 spiro atoms. The first-order valence-corrected chi connectivity index (χ1v) is 24.2.